The molecule has 0 unspecified atom stereocenters. The Morgan fingerprint density at radius 1 is 1.15 bits per heavy atom. The summed E-state index contributed by atoms with van der Waals surface area (Å²) in [5.41, 5.74) is 1.72. The zero-order valence-electron chi connectivity index (χ0n) is 12.3. The molecule has 0 aliphatic carbocycles. The van der Waals surface area contributed by atoms with Crippen LogP contribution < -0.4 is 4.74 Å². The standard InChI is InChI=1S/C17H19NO2/c1-12(19)15-9-6-10-18-16(15)20-14-8-5-7-13(11-14)17(2,3)4/h5-11H,1-4H3. The summed E-state index contributed by atoms with van der Waals surface area (Å²) >= 11 is 0. The molecule has 0 saturated carbocycles. The van der Waals surface area contributed by atoms with Gasteiger partial charge in [0.05, 0.1) is 5.56 Å². The average Bonchev–Trinajstić information content (AvgIpc) is 2.38. The van der Waals surface area contributed by atoms with Gasteiger partial charge in [-0.2, -0.15) is 0 Å². The minimum Gasteiger partial charge on any atom is -0.438 e. The molecule has 20 heavy (non-hydrogen) atoms. The van der Waals surface area contributed by atoms with Crippen molar-refractivity contribution in [1.29, 1.82) is 0 Å². The van der Waals surface area contributed by atoms with Gasteiger partial charge in [-0.1, -0.05) is 32.9 Å². The minimum atomic E-state index is -0.0555. The van der Waals surface area contributed by atoms with Gasteiger partial charge >= 0.3 is 0 Å². The van der Waals surface area contributed by atoms with Crippen molar-refractivity contribution in [3.8, 4) is 11.6 Å². The molecule has 0 saturated heterocycles. The molecule has 1 aromatic carbocycles. The highest BCUT2D eigenvalue weighted by Gasteiger charge is 2.15. The van der Waals surface area contributed by atoms with Crippen LogP contribution in [0.5, 0.6) is 11.6 Å². The van der Waals surface area contributed by atoms with E-state index in [1.54, 1.807) is 18.3 Å². The van der Waals surface area contributed by atoms with Crippen molar-refractivity contribution in [2.45, 2.75) is 33.1 Å². The van der Waals surface area contributed by atoms with Gasteiger partial charge in [0, 0.05) is 6.20 Å². The van der Waals surface area contributed by atoms with E-state index >= 15 is 0 Å². The zero-order valence-corrected chi connectivity index (χ0v) is 12.3. The summed E-state index contributed by atoms with van der Waals surface area (Å²) in [6, 6.07) is 11.3. The van der Waals surface area contributed by atoms with Crippen molar-refractivity contribution in [2.75, 3.05) is 0 Å². The van der Waals surface area contributed by atoms with Gasteiger partial charge in [-0.3, -0.25) is 4.79 Å². The number of ketones is 1. The van der Waals surface area contributed by atoms with Crippen LogP contribution in [0, 0.1) is 0 Å². The number of hydrogen-bond acceptors (Lipinski definition) is 3. The summed E-state index contributed by atoms with van der Waals surface area (Å²) in [7, 11) is 0. The fraction of sp³-hybridized carbons (Fsp3) is 0.294. The normalized spacial score (nSPS) is 11.2. The zero-order chi connectivity index (χ0) is 14.8. The van der Waals surface area contributed by atoms with E-state index in [0.29, 0.717) is 17.2 Å². The summed E-state index contributed by atoms with van der Waals surface area (Å²) in [4.78, 5) is 15.7. The van der Waals surface area contributed by atoms with Crippen LogP contribution in [-0.4, -0.2) is 10.8 Å². The predicted octanol–water partition coefficient (Wildman–Crippen LogP) is 4.37. The topological polar surface area (TPSA) is 39.2 Å². The van der Waals surface area contributed by atoms with Crippen LogP contribution >= 0.6 is 0 Å². The smallest absolute Gasteiger partial charge is 0.230 e. The summed E-state index contributed by atoms with van der Waals surface area (Å²) in [5, 5.41) is 0. The van der Waals surface area contributed by atoms with Crippen molar-refractivity contribution < 1.29 is 9.53 Å². The van der Waals surface area contributed by atoms with Crippen molar-refractivity contribution in [3.05, 3.63) is 53.7 Å². The third-order valence-corrected chi connectivity index (χ3v) is 3.07. The molecule has 0 amide bonds. The van der Waals surface area contributed by atoms with Gasteiger partial charge in [-0.25, -0.2) is 4.98 Å². The third kappa shape index (κ3) is 3.23. The molecule has 3 heteroatoms. The second-order valence-electron chi connectivity index (χ2n) is 5.79. The lowest BCUT2D eigenvalue weighted by Gasteiger charge is -2.19. The lowest BCUT2D eigenvalue weighted by atomic mass is 9.87. The van der Waals surface area contributed by atoms with Gasteiger partial charge in [-0.05, 0) is 42.2 Å². The van der Waals surface area contributed by atoms with Crippen LogP contribution in [0.4, 0.5) is 0 Å². The Hall–Kier alpha value is -2.16. The summed E-state index contributed by atoms with van der Waals surface area (Å²) in [6.45, 7) is 7.95. The first-order valence-corrected chi connectivity index (χ1v) is 6.62. The first-order valence-electron chi connectivity index (χ1n) is 6.62. The Morgan fingerprint density at radius 2 is 1.90 bits per heavy atom. The van der Waals surface area contributed by atoms with Gasteiger partial charge in [0.2, 0.25) is 5.88 Å². The number of pyridine rings is 1. The minimum absolute atomic E-state index is 0.0485. The van der Waals surface area contributed by atoms with Crippen LogP contribution in [0.2, 0.25) is 0 Å². The Labute approximate surface area is 119 Å². The van der Waals surface area contributed by atoms with Crippen LogP contribution in [0.25, 0.3) is 0 Å². The second kappa shape index (κ2) is 5.45. The maximum atomic E-state index is 11.6. The number of carbonyl (C=O) groups is 1. The molecule has 1 aromatic heterocycles. The van der Waals surface area contributed by atoms with Crippen molar-refractivity contribution >= 4 is 5.78 Å². The fourth-order valence-corrected chi connectivity index (χ4v) is 1.88. The Kier molecular flexibility index (Phi) is 3.89. The Morgan fingerprint density at radius 3 is 2.55 bits per heavy atom. The van der Waals surface area contributed by atoms with Crippen LogP contribution in [-0.2, 0) is 5.41 Å². The van der Waals surface area contributed by atoms with Gasteiger partial charge in [0.1, 0.15) is 5.75 Å². The van der Waals surface area contributed by atoms with Gasteiger partial charge in [0.25, 0.3) is 0 Å². The van der Waals surface area contributed by atoms with Gasteiger partial charge in [-0.15, -0.1) is 0 Å². The van der Waals surface area contributed by atoms with Crippen molar-refractivity contribution in [2.24, 2.45) is 0 Å². The predicted molar refractivity (Wildman–Crippen MR) is 79.5 cm³/mol. The van der Waals surface area contributed by atoms with Crippen LogP contribution in [0.1, 0.15) is 43.6 Å². The molecule has 0 radical (unpaired) electrons. The number of aromatic nitrogens is 1. The van der Waals surface area contributed by atoms with Crippen LogP contribution in [0.15, 0.2) is 42.6 Å². The molecule has 1 heterocycles. The maximum Gasteiger partial charge on any atom is 0.230 e. The molecule has 0 fully saturated rings. The molecular formula is C17H19NO2. The molecule has 3 nitrogen and oxygen atoms in total. The average molecular weight is 269 g/mol. The van der Waals surface area contributed by atoms with E-state index in [-0.39, 0.29) is 11.2 Å². The highest BCUT2D eigenvalue weighted by molar-refractivity contribution is 5.96. The number of carbonyl (C=O) groups excluding carboxylic acids is 1. The van der Waals surface area contributed by atoms with E-state index in [1.807, 2.05) is 18.2 Å². The molecule has 0 aliphatic heterocycles. The molecule has 0 bridgehead atoms. The molecule has 0 aliphatic rings. The molecule has 0 spiro atoms. The first kappa shape index (κ1) is 14.3. The van der Waals surface area contributed by atoms with Crippen molar-refractivity contribution in [3.63, 3.8) is 0 Å². The third-order valence-electron chi connectivity index (χ3n) is 3.07. The van der Waals surface area contributed by atoms with E-state index in [9.17, 15) is 4.79 Å². The van der Waals surface area contributed by atoms with Crippen LogP contribution in [0.3, 0.4) is 0 Å². The maximum absolute atomic E-state index is 11.6. The lowest BCUT2D eigenvalue weighted by Crippen LogP contribution is -2.10. The number of benzene rings is 1. The Balaban J connectivity index is 2.34. The number of Topliss-reactive ketones (excluding diaryl/α,β-unsaturated/α-hetero) is 1. The molecule has 104 valence electrons. The lowest BCUT2D eigenvalue weighted by molar-refractivity contribution is 0.101. The quantitative estimate of drug-likeness (QED) is 0.776. The monoisotopic (exact) mass is 269 g/mol. The number of hydrogen-bond donors (Lipinski definition) is 0. The first-order chi connectivity index (χ1) is 9.38. The molecule has 2 aromatic rings. The number of nitrogens with zero attached hydrogens (tertiary/aromatic N) is 1. The summed E-state index contributed by atoms with van der Waals surface area (Å²) in [5.74, 6) is 0.991. The van der Waals surface area contributed by atoms with E-state index in [1.165, 1.54) is 12.5 Å². The summed E-state index contributed by atoms with van der Waals surface area (Å²) in [6.07, 6.45) is 1.62. The molecule has 0 N–H and O–H groups in total. The second-order valence-corrected chi connectivity index (χ2v) is 5.79. The largest absolute Gasteiger partial charge is 0.438 e. The SMILES string of the molecule is CC(=O)c1cccnc1Oc1cccc(C(C)(C)C)c1. The Bertz CT molecular complexity index is 627. The molecule has 2 rings (SSSR count). The van der Waals surface area contributed by atoms with E-state index in [0.717, 1.165) is 0 Å². The van der Waals surface area contributed by atoms with Crippen molar-refractivity contribution in [1.82, 2.24) is 4.98 Å². The number of ether oxygens (including phenoxy) is 1. The fourth-order valence-electron chi connectivity index (χ4n) is 1.88. The van der Waals surface area contributed by atoms with Gasteiger partial charge in [0.15, 0.2) is 5.78 Å². The van der Waals surface area contributed by atoms with E-state index in [4.69, 9.17) is 4.74 Å². The van der Waals surface area contributed by atoms with E-state index < -0.39 is 0 Å². The molecular weight excluding hydrogens is 250 g/mol. The van der Waals surface area contributed by atoms with Gasteiger partial charge < -0.3 is 4.74 Å². The highest BCUT2D eigenvalue weighted by Crippen LogP contribution is 2.28. The molecule has 0 atom stereocenters. The summed E-state index contributed by atoms with van der Waals surface area (Å²) < 4.78 is 5.77. The van der Waals surface area contributed by atoms with E-state index in [2.05, 4.69) is 31.8 Å². The number of rotatable bonds is 3. The highest BCUT2D eigenvalue weighted by atomic mass is 16.5.